The summed E-state index contributed by atoms with van der Waals surface area (Å²) >= 11 is 0. The monoisotopic (exact) mass is 437 g/mol. The average Bonchev–Trinajstić information content (AvgIpc) is 2.63. The van der Waals surface area contributed by atoms with Crippen LogP contribution < -0.4 is 15.3 Å². The normalized spacial score (nSPS) is 12.1. The van der Waals surface area contributed by atoms with Crippen LogP contribution in [-0.4, -0.2) is 40.6 Å². The Morgan fingerprint density at radius 2 is 1.03 bits per heavy atom. The number of hydrogen-bond acceptors (Lipinski definition) is 9. The van der Waals surface area contributed by atoms with Crippen LogP contribution in [0.15, 0.2) is 24.3 Å². The summed E-state index contributed by atoms with van der Waals surface area (Å²) in [6.45, 7) is 0. The summed E-state index contributed by atoms with van der Waals surface area (Å²) in [4.78, 5) is 71.0. The van der Waals surface area contributed by atoms with E-state index < -0.39 is 61.1 Å². The summed E-state index contributed by atoms with van der Waals surface area (Å²) in [5.74, 6) is -7.56. The van der Waals surface area contributed by atoms with Crippen molar-refractivity contribution in [3.8, 4) is 0 Å². The lowest BCUT2D eigenvalue weighted by Crippen LogP contribution is -2.30. The Hall–Kier alpha value is -4.34. The molecule has 164 valence electrons. The second-order valence-electron chi connectivity index (χ2n) is 7.23. The summed E-state index contributed by atoms with van der Waals surface area (Å²) in [7, 11) is 0. The number of rotatable bonds is 8. The van der Waals surface area contributed by atoms with E-state index in [1.807, 2.05) is 0 Å². The molecule has 0 aliphatic heterocycles. The molecule has 0 heterocycles. The van der Waals surface area contributed by atoms with E-state index in [1.54, 1.807) is 0 Å². The zero-order valence-corrected chi connectivity index (χ0v) is 16.3. The maximum Gasteiger partial charge on any atom is 0.307 e. The number of aliphatic carboxylic acids is 4. The van der Waals surface area contributed by atoms with Crippen LogP contribution in [0.25, 0.3) is 0 Å². The molecule has 10 heteroatoms. The van der Waals surface area contributed by atoms with Crippen molar-refractivity contribution < 1.29 is 49.2 Å². The van der Waals surface area contributed by atoms with E-state index in [0.717, 1.165) is 18.2 Å². The molecule has 1 aliphatic rings. The van der Waals surface area contributed by atoms with Crippen molar-refractivity contribution in [1.29, 1.82) is 0 Å². The molecule has 0 atom stereocenters. The lowest BCUT2D eigenvalue weighted by atomic mass is 9.77. The summed E-state index contributed by atoms with van der Waals surface area (Å²) in [6.07, 6.45) is -2.80. The van der Waals surface area contributed by atoms with Gasteiger partial charge in [0.1, 0.15) is 0 Å². The van der Waals surface area contributed by atoms with E-state index in [2.05, 4.69) is 0 Å². The lowest BCUT2D eigenvalue weighted by Gasteiger charge is -2.24. The number of carboxylic acids is 4. The summed E-state index contributed by atoms with van der Waals surface area (Å²) in [6, 6.07) is 4.56. The topological polar surface area (TPSA) is 192 Å². The first kappa shape index (κ1) is 22.3. The predicted octanol–water partition coefficient (Wildman–Crippen LogP) is -3.03. The molecule has 0 saturated heterocycles. The van der Waals surface area contributed by atoms with E-state index in [4.69, 9.17) is 0 Å². The average molecular weight is 437 g/mol. The summed E-state index contributed by atoms with van der Waals surface area (Å²) in [5.41, 5.74) is -1.35. The van der Waals surface area contributed by atoms with Gasteiger partial charge in [-0.3, -0.25) is 14.4 Å². The number of hydrogen-bond donors (Lipinski definition) is 1. The van der Waals surface area contributed by atoms with Crippen LogP contribution >= 0.6 is 0 Å². The van der Waals surface area contributed by atoms with Crippen LogP contribution in [0.4, 0.5) is 0 Å². The molecule has 0 radical (unpaired) electrons. The van der Waals surface area contributed by atoms with Crippen LogP contribution in [0, 0.1) is 0 Å². The third kappa shape index (κ3) is 4.38. The van der Waals surface area contributed by atoms with Gasteiger partial charge in [-0.2, -0.15) is 0 Å². The van der Waals surface area contributed by atoms with E-state index >= 15 is 0 Å². The minimum Gasteiger partial charge on any atom is -0.550 e. The Morgan fingerprint density at radius 3 is 1.41 bits per heavy atom. The quantitative estimate of drug-likeness (QED) is 0.379. The molecule has 1 aliphatic carbocycles. The van der Waals surface area contributed by atoms with Crippen molar-refractivity contribution >= 4 is 35.4 Å². The predicted molar refractivity (Wildman–Crippen MR) is 97.2 cm³/mol. The van der Waals surface area contributed by atoms with Gasteiger partial charge in [0.2, 0.25) is 0 Å². The van der Waals surface area contributed by atoms with Crippen LogP contribution in [-0.2, 0) is 44.9 Å². The van der Waals surface area contributed by atoms with Crippen LogP contribution in [0.2, 0.25) is 0 Å². The largest absolute Gasteiger partial charge is 0.550 e. The first-order chi connectivity index (χ1) is 15.0. The van der Waals surface area contributed by atoms with E-state index in [9.17, 15) is 49.2 Å². The van der Waals surface area contributed by atoms with Crippen molar-refractivity contribution in [2.75, 3.05) is 0 Å². The molecule has 0 bridgehead atoms. The molecule has 0 unspecified atom stereocenters. The summed E-state index contributed by atoms with van der Waals surface area (Å²) < 4.78 is 0. The Kier molecular flexibility index (Phi) is 5.88. The van der Waals surface area contributed by atoms with Gasteiger partial charge in [0.15, 0.2) is 11.6 Å². The molecule has 2 aromatic rings. The third-order valence-electron chi connectivity index (χ3n) is 4.88. The molecule has 1 N–H and O–H groups in total. The minimum absolute atomic E-state index is 0.0150. The molecule has 3 rings (SSSR count). The van der Waals surface area contributed by atoms with Gasteiger partial charge in [-0.25, -0.2) is 0 Å². The van der Waals surface area contributed by atoms with Crippen molar-refractivity contribution in [3.05, 3.63) is 68.8 Å². The number of carboxylic acid groups (broad SMARTS) is 4. The van der Waals surface area contributed by atoms with E-state index in [-0.39, 0.29) is 44.5 Å². The Labute approximate surface area is 179 Å². The van der Waals surface area contributed by atoms with Crippen molar-refractivity contribution in [2.45, 2.75) is 25.7 Å². The highest BCUT2D eigenvalue weighted by atomic mass is 16.4. The van der Waals surface area contributed by atoms with Gasteiger partial charge in [0.05, 0.1) is 6.42 Å². The fourth-order valence-electron chi connectivity index (χ4n) is 3.84. The first-order valence-corrected chi connectivity index (χ1v) is 9.20. The van der Waals surface area contributed by atoms with Crippen LogP contribution in [0.3, 0.4) is 0 Å². The minimum atomic E-state index is -1.58. The number of carbonyl (C=O) groups excluding carboxylic acids is 5. The smallest absolute Gasteiger partial charge is 0.307 e. The fraction of sp³-hybridized carbons (Fsp3) is 0.182. The number of fused-ring (bicyclic) bond motifs is 2. The third-order valence-corrected chi connectivity index (χ3v) is 4.88. The van der Waals surface area contributed by atoms with E-state index in [0.29, 0.717) is 0 Å². The van der Waals surface area contributed by atoms with Crippen LogP contribution in [0.5, 0.6) is 0 Å². The molecule has 0 fully saturated rings. The molecule has 2 aromatic carbocycles. The van der Waals surface area contributed by atoms with Crippen LogP contribution in [0.1, 0.15) is 54.1 Å². The highest BCUT2D eigenvalue weighted by Gasteiger charge is 2.34. The SMILES string of the molecule is O=C([O-])Cc1cc(CC(=O)[O-])c2c(c1)C(=O)c1cc(CC(=O)[O-])cc(CC(=O)O)c1C2=O. The van der Waals surface area contributed by atoms with Gasteiger partial charge in [0.25, 0.3) is 0 Å². The fourth-order valence-corrected chi connectivity index (χ4v) is 3.84. The maximum atomic E-state index is 13.3. The highest BCUT2D eigenvalue weighted by molar-refractivity contribution is 6.29. The van der Waals surface area contributed by atoms with Crippen molar-refractivity contribution in [1.82, 2.24) is 0 Å². The van der Waals surface area contributed by atoms with Gasteiger partial charge in [-0.05, 0) is 34.4 Å². The number of carbonyl (C=O) groups is 6. The number of benzene rings is 2. The molecule has 0 spiro atoms. The Morgan fingerprint density at radius 1 is 0.625 bits per heavy atom. The molecule has 0 saturated carbocycles. The second-order valence-corrected chi connectivity index (χ2v) is 7.23. The molecule has 0 aromatic heterocycles. The van der Waals surface area contributed by atoms with Gasteiger partial charge in [-0.15, -0.1) is 0 Å². The molecular weight excluding hydrogens is 424 g/mol. The maximum absolute atomic E-state index is 13.3. The molecule has 10 nitrogen and oxygen atoms in total. The number of ketones is 2. The lowest BCUT2D eigenvalue weighted by molar-refractivity contribution is -0.306. The standard InChI is InChI=1S/C22H16O10/c23-15(24)5-9-1-11(7-17(27)28)19-13(3-9)21(31)14-4-10(6-16(25)26)2-12(8-18(29)30)20(14)22(19)32/h1-4H,5-8H2,(H,23,24)(H,25,26)(H,27,28)(H,29,30)/p-3. The highest BCUT2D eigenvalue weighted by Crippen LogP contribution is 2.34. The second kappa shape index (κ2) is 8.42. The zero-order chi connectivity index (χ0) is 23.7. The van der Waals surface area contributed by atoms with Gasteiger partial charge >= 0.3 is 5.97 Å². The van der Waals surface area contributed by atoms with Crippen molar-refractivity contribution in [2.24, 2.45) is 0 Å². The van der Waals surface area contributed by atoms with E-state index in [1.165, 1.54) is 6.07 Å². The van der Waals surface area contributed by atoms with Gasteiger partial charge < -0.3 is 34.8 Å². The first-order valence-electron chi connectivity index (χ1n) is 9.20. The zero-order valence-electron chi connectivity index (χ0n) is 16.3. The van der Waals surface area contributed by atoms with Gasteiger partial charge in [0, 0.05) is 59.4 Å². The van der Waals surface area contributed by atoms with Crippen molar-refractivity contribution in [3.63, 3.8) is 0 Å². The molecule has 0 amide bonds. The summed E-state index contributed by atoms with van der Waals surface area (Å²) in [5, 5.41) is 42.4. The molecular formula is C22H13O10-3. The molecule has 32 heavy (non-hydrogen) atoms. The Bertz CT molecular complexity index is 1130. The Balaban J connectivity index is 2.30. The van der Waals surface area contributed by atoms with Gasteiger partial charge in [-0.1, -0.05) is 12.1 Å².